The number of fused-ring (bicyclic) bond motifs is 1. The molecule has 0 N–H and O–H groups in total. The highest BCUT2D eigenvalue weighted by Crippen LogP contribution is 2.24. The molecule has 1 aromatic carbocycles. The van der Waals surface area contributed by atoms with Crippen LogP contribution in [0.5, 0.6) is 0 Å². The zero-order valence-electron chi connectivity index (χ0n) is 18.3. The van der Waals surface area contributed by atoms with Crippen LogP contribution in [0.3, 0.4) is 0 Å². The highest BCUT2D eigenvalue weighted by atomic mass is 35.5. The van der Waals surface area contributed by atoms with Gasteiger partial charge in [0.25, 0.3) is 0 Å². The van der Waals surface area contributed by atoms with E-state index in [0.717, 1.165) is 65.2 Å². The van der Waals surface area contributed by atoms with Gasteiger partial charge >= 0.3 is 0 Å². The fourth-order valence-electron chi connectivity index (χ4n) is 4.83. The quantitative estimate of drug-likeness (QED) is 0.688. The maximum Gasteiger partial charge on any atom is 0.225 e. The van der Waals surface area contributed by atoms with Crippen molar-refractivity contribution in [1.29, 1.82) is 0 Å². The second kappa shape index (κ2) is 11.4. The number of carbonyl (C=O) groups excluding carboxylic acids is 1. The van der Waals surface area contributed by atoms with Crippen LogP contribution in [-0.2, 0) is 18.4 Å². The maximum atomic E-state index is 12.9. The SMILES string of the molecule is CCCN1CCN(C(=O)C2CCN(Cc3cc4ccccc4n3C)CC2)CC1.Cl.Cl. The van der Waals surface area contributed by atoms with Gasteiger partial charge in [-0.25, -0.2) is 0 Å². The highest BCUT2D eigenvalue weighted by Gasteiger charge is 2.30. The average molecular weight is 455 g/mol. The van der Waals surface area contributed by atoms with Gasteiger partial charge in [-0.2, -0.15) is 0 Å². The number of aryl methyl sites for hydroxylation is 1. The van der Waals surface area contributed by atoms with E-state index in [9.17, 15) is 4.79 Å². The molecule has 0 bridgehead atoms. The third kappa shape index (κ3) is 5.50. The van der Waals surface area contributed by atoms with Gasteiger partial charge in [0.2, 0.25) is 5.91 Å². The molecule has 0 unspecified atom stereocenters. The van der Waals surface area contributed by atoms with Crippen LogP contribution in [0, 0.1) is 5.92 Å². The first-order valence-electron chi connectivity index (χ1n) is 10.9. The predicted octanol–water partition coefficient (Wildman–Crippen LogP) is 3.79. The Hall–Kier alpha value is -1.27. The summed E-state index contributed by atoms with van der Waals surface area (Å²) in [5, 5.41) is 1.31. The summed E-state index contributed by atoms with van der Waals surface area (Å²) >= 11 is 0. The zero-order valence-corrected chi connectivity index (χ0v) is 19.9. The highest BCUT2D eigenvalue weighted by molar-refractivity contribution is 5.85. The summed E-state index contributed by atoms with van der Waals surface area (Å²) in [5.74, 6) is 0.627. The van der Waals surface area contributed by atoms with Crippen molar-refractivity contribution < 1.29 is 4.79 Å². The molecule has 1 amide bonds. The molecule has 2 saturated heterocycles. The van der Waals surface area contributed by atoms with Crippen molar-refractivity contribution in [2.24, 2.45) is 13.0 Å². The second-order valence-electron chi connectivity index (χ2n) is 8.47. The van der Waals surface area contributed by atoms with Crippen molar-refractivity contribution in [1.82, 2.24) is 19.3 Å². The molecule has 4 rings (SSSR count). The van der Waals surface area contributed by atoms with Crippen LogP contribution in [-0.4, -0.2) is 71.0 Å². The second-order valence-corrected chi connectivity index (χ2v) is 8.47. The maximum absolute atomic E-state index is 12.9. The third-order valence-electron chi connectivity index (χ3n) is 6.60. The summed E-state index contributed by atoms with van der Waals surface area (Å²) < 4.78 is 2.31. The van der Waals surface area contributed by atoms with Crippen molar-refractivity contribution in [2.75, 3.05) is 45.8 Å². The molecule has 0 radical (unpaired) electrons. The van der Waals surface area contributed by atoms with Gasteiger partial charge in [-0.15, -0.1) is 24.8 Å². The summed E-state index contributed by atoms with van der Waals surface area (Å²) in [6.45, 7) is 10.3. The molecule has 2 aliphatic rings. The lowest BCUT2D eigenvalue weighted by molar-refractivity contribution is -0.138. The molecular weight excluding hydrogens is 419 g/mol. The van der Waals surface area contributed by atoms with Gasteiger partial charge in [-0.05, 0) is 56.4 Å². The van der Waals surface area contributed by atoms with Gasteiger partial charge in [0.1, 0.15) is 0 Å². The first-order valence-corrected chi connectivity index (χ1v) is 10.9. The molecule has 2 aliphatic heterocycles. The minimum atomic E-state index is 0. The molecular formula is C23H36Cl2N4O. The van der Waals surface area contributed by atoms with Gasteiger partial charge < -0.3 is 9.47 Å². The Morgan fingerprint density at radius 2 is 1.63 bits per heavy atom. The standard InChI is InChI=1S/C23H34N4O.2ClH/c1-3-10-25-13-15-27(16-14-25)23(28)19-8-11-26(12-9-19)18-21-17-20-6-4-5-7-22(20)24(21)2;;/h4-7,17,19H,3,8-16,18H2,1-2H3;2*1H. The number of para-hydroxylation sites is 1. The number of carbonyl (C=O) groups is 1. The number of likely N-dealkylation sites (tertiary alicyclic amines) is 1. The van der Waals surface area contributed by atoms with E-state index in [1.54, 1.807) is 0 Å². The molecule has 7 heteroatoms. The summed E-state index contributed by atoms with van der Waals surface area (Å²) in [6, 6.07) is 10.9. The largest absolute Gasteiger partial charge is 0.346 e. The molecule has 1 aromatic heterocycles. The van der Waals surface area contributed by atoms with Gasteiger partial charge in [-0.3, -0.25) is 14.6 Å². The lowest BCUT2D eigenvalue weighted by Gasteiger charge is -2.38. The van der Waals surface area contributed by atoms with Crippen molar-refractivity contribution >= 4 is 41.6 Å². The minimum Gasteiger partial charge on any atom is -0.346 e. The van der Waals surface area contributed by atoms with Crippen LogP contribution in [0.15, 0.2) is 30.3 Å². The fraction of sp³-hybridized carbons (Fsp3) is 0.609. The molecule has 2 fully saturated rings. The Labute approximate surface area is 193 Å². The summed E-state index contributed by atoms with van der Waals surface area (Å²) in [4.78, 5) is 20.1. The lowest BCUT2D eigenvalue weighted by atomic mass is 9.95. The van der Waals surface area contributed by atoms with Crippen molar-refractivity contribution in [2.45, 2.75) is 32.7 Å². The number of nitrogens with zero attached hydrogens (tertiary/aromatic N) is 4. The number of rotatable bonds is 5. The van der Waals surface area contributed by atoms with Gasteiger partial charge in [-0.1, -0.05) is 25.1 Å². The van der Waals surface area contributed by atoms with Gasteiger partial charge in [0.15, 0.2) is 0 Å². The van der Waals surface area contributed by atoms with E-state index in [-0.39, 0.29) is 30.7 Å². The van der Waals surface area contributed by atoms with Crippen molar-refractivity contribution in [3.05, 3.63) is 36.0 Å². The Morgan fingerprint density at radius 1 is 0.967 bits per heavy atom. The number of hydrogen-bond donors (Lipinski definition) is 0. The normalized spacial score (nSPS) is 18.8. The molecule has 0 saturated carbocycles. The molecule has 168 valence electrons. The van der Waals surface area contributed by atoms with Crippen LogP contribution in [0.25, 0.3) is 10.9 Å². The number of halogens is 2. The van der Waals surface area contributed by atoms with E-state index >= 15 is 0 Å². The van der Waals surface area contributed by atoms with E-state index in [4.69, 9.17) is 0 Å². The Morgan fingerprint density at radius 3 is 2.27 bits per heavy atom. The lowest BCUT2D eigenvalue weighted by Crippen LogP contribution is -2.51. The van der Waals surface area contributed by atoms with Crippen LogP contribution < -0.4 is 0 Å². The number of benzene rings is 1. The smallest absolute Gasteiger partial charge is 0.225 e. The van der Waals surface area contributed by atoms with Gasteiger partial charge in [0.05, 0.1) is 0 Å². The number of amides is 1. The number of aromatic nitrogens is 1. The molecule has 5 nitrogen and oxygen atoms in total. The molecule has 30 heavy (non-hydrogen) atoms. The number of hydrogen-bond acceptors (Lipinski definition) is 3. The van der Waals surface area contributed by atoms with Crippen LogP contribution in [0.1, 0.15) is 31.9 Å². The molecule has 2 aromatic rings. The van der Waals surface area contributed by atoms with E-state index in [0.29, 0.717) is 5.91 Å². The number of piperidine rings is 1. The average Bonchev–Trinajstić information content (AvgIpc) is 3.04. The van der Waals surface area contributed by atoms with E-state index in [1.165, 1.54) is 23.0 Å². The summed E-state index contributed by atoms with van der Waals surface area (Å²) in [6.07, 6.45) is 3.19. The Kier molecular flexibility index (Phi) is 9.48. The van der Waals surface area contributed by atoms with Crippen LogP contribution >= 0.6 is 24.8 Å². The van der Waals surface area contributed by atoms with Gasteiger partial charge in [0, 0.05) is 56.9 Å². The predicted molar refractivity (Wildman–Crippen MR) is 129 cm³/mol. The van der Waals surface area contributed by atoms with E-state index in [2.05, 4.69) is 63.6 Å². The Bertz CT molecular complexity index is 809. The Balaban J connectivity index is 0.00000160. The molecule has 0 spiro atoms. The molecule has 0 aliphatic carbocycles. The monoisotopic (exact) mass is 454 g/mol. The van der Waals surface area contributed by atoms with Crippen LogP contribution in [0.2, 0.25) is 0 Å². The third-order valence-corrected chi connectivity index (χ3v) is 6.60. The van der Waals surface area contributed by atoms with Crippen molar-refractivity contribution in [3.8, 4) is 0 Å². The first-order chi connectivity index (χ1) is 13.7. The summed E-state index contributed by atoms with van der Waals surface area (Å²) in [5.41, 5.74) is 2.66. The first kappa shape index (κ1) is 25.0. The van der Waals surface area contributed by atoms with E-state index in [1.807, 2.05) is 0 Å². The van der Waals surface area contributed by atoms with Crippen molar-refractivity contribution in [3.63, 3.8) is 0 Å². The van der Waals surface area contributed by atoms with Crippen LogP contribution in [0.4, 0.5) is 0 Å². The molecule has 3 heterocycles. The minimum absolute atomic E-state index is 0. The number of piperazine rings is 1. The molecule has 0 atom stereocenters. The topological polar surface area (TPSA) is 31.7 Å². The zero-order chi connectivity index (χ0) is 19.5. The summed E-state index contributed by atoms with van der Waals surface area (Å²) in [7, 11) is 2.16. The fourth-order valence-corrected chi connectivity index (χ4v) is 4.83. The van der Waals surface area contributed by atoms with E-state index < -0.39 is 0 Å².